The summed E-state index contributed by atoms with van der Waals surface area (Å²) in [6.07, 6.45) is -2.66. The number of amides is 1. The fraction of sp³-hybridized carbons (Fsp3) is 0.273. The minimum Gasteiger partial charge on any atom is -0.465 e. The lowest BCUT2D eigenvalue weighted by Gasteiger charge is -2.17. The molecular formula is C11H11FN2O3. The first-order valence-electron chi connectivity index (χ1n) is 4.84. The monoisotopic (exact) mass is 238 g/mol. The normalized spacial score (nSPS) is 13.5. The molecule has 1 amide bonds. The quantitative estimate of drug-likeness (QED) is 0.679. The maximum atomic E-state index is 12.6. The highest BCUT2D eigenvalue weighted by Crippen LogP contribution is 2.08. The first-order chi connectivity index (χ1) is 8.02. The van der Waals surface area contributed by atoms with Crippen molar-refractivity contribution < 1.29 is 19.4 Å². The van der Waals surface area contributed by atoms with Gasteiger partial charge in [-0.3, -0.25) is 0 Å². The van der Waals surface area contributed by atoms with Crippen molar-refractivity contribution in [2.75, 3.05) is 0 Å². The van der Waals surface area contributed by atoms with Crippen LogP contribution < -0.4 is 5.32 Å². The van der Waals surface area contributed by atoms with E-state index in [-0.39, 0.29) is 6.42 Å². The van der Waals surface area contributed by atoms with Crippen molar-refractivity contribution in [1.29, 1.82) is 5.26 Å². The standard InChI is InChI=1S/C11H11FN2O3/c12-8-3-1-7(2-4-8)5-9(10(15)6-13)14-11(16)17/h1-4,9-10,14-15H,5H2,(H,16,17)/t9-,10?/m1/s1. The molecule has 5 nitrogen and oxygen atoms in total. The predicted octanol–water partition coefficient (Wildman–Crippen LogP) is 0.889. The van der Waals surface area contributed by atoms with Gasteiger partial charge in [-0.15, -0.1) is 0 Å². The van der Waals surface area contributed by atoms with Gasteiger partial charge in [0.05, 0.1) is 12.1 Å². The van der Waals surface area contributed by atoms with Gasteiger partial charge in [-0.1, -0.05) is 12.1 Å². The highest BCUT2D eigenvalue weighted by molar-refractivity contribution is 5.65. The molecule has 0 saturated heterocycles. The van der Waals surface area contributed by atoms with Gasteiger partial charge < -0.3 is 15.5 Å². The van der Waals surface area contributed by atoms with Crippen molar-refractivity contribution in [1.82, 2.24) is 5.32 Å². The Morgan fingerprint density at radius 3 is 2.53 bits per heavy atom. The summed E-state index contributed by atoms with van der Waals surface area (Å²) in [5.74, 6) is -0.405. The Morgan fingerprint density at radius 2 is 2.06 bits per heavy atom. The second-order valence-electron chi connectivity index (χ2n) is 3.46. The van der Waals surface area contributed by atoms with Crippen LogP contribution in [0.25, 0.3) is 0 Å². The fourth-order valence-corrected chi connectivity index (χ4v) is 1.36. The summed E-state index contributed by atoms with van der Waals surface area (Å²) in [5.41, 5.74) is 0.624. The molecule has 0 aromatic heterocycles. The molecule has 1 aromatic rings. The molecule has 0 saturated carbocycles. The van der Waals surface area contributed by atoms with Crippen molar-refractivity contribution in [2.45, 2.75) is 18.6 Å². The highest BCUT2D eigenvalue weighted by Gasteiger charge is 2.21. The van der Waals surface area contributed by atoms with Crippen LogP contribution in [0.5, 0.6) is 0 Å². The van der Waals surface area contributed by atoms with Crippen molar-refractivity contribution in [3.63, 3.8) is 0 Å². The molecule has 0 spiro atoms. The average molecular weight is 238 g/mol. The number of aliphatic hydroxyl groups excluding tert-OH is 1. The largest absolute Gasteiger partial charge is 0.465 e. The van der Waals surface area contributed by atoms with Crippen molar-refractivity contribution in [3.8, 4) is 6.07 Å². The van der Waals surface area contributed by atoms with Gasteiger partial charge >= 0.3 is 6.09 Å². The molecular weight excluding hydrogens is 227 g/mol. The second-order valence-corrected chi connectivity index (χ2v) is 3.46. The molecule has 1 unspecified atom stereocenters. The Balaban J connectivity index is 2.75. The first kappa shape index (κ1) is 12.9. The lowest BCUT2D eigenvalue weighted by atomic mass is 10.0. The van der Waals surface area contributed by atoms with E-state index < -0.39 is 24.1 Å². The van der Waals surface area contributed by atoms with Crippen LogP contribution in [-0.2, 0) is 6.42 Å². The van der Waals surface area contributed by atoms with Crippen LogP contribution in [-0.4, -0.2) is 28.5 Å². The number of nitrogens with zero attached hydrogens (tertiary/aromatic N) is 1. The molecule has 0 aliphatic heterocycles. The van der Waals surface area contributed by atoms with Crippen LogP contribution in [0, 0.1) is 17.1 Å². The lowest BCUT2D eigenvalue weighted by Crippen LogP contribution is -2.43. The van der Waals surface area contributed by atoms with E-state index in [1.165, 1.54) is 24.3 Å². The van der Waals surface area contributed by atoms with Gasteiger partial charge in [-0.2, -0.15) is 5.26 Å². The third kappa shape index (κ3) is 4.09. The van der Waals surface area contributed by atoms with E-state index in [0.717, 1.165) is 0 Å². The summed E-state index contributed by atoms with van der Waals surface area (Å²) in [5, 5.41) is 28.5. The number of carbonyl (C=O) groups is 1. The Morgan fingerprint density at radius 1 is 1.47 bits per heavy atom. The minimum atomic E-state index is -1.45. The summed E-state index contributed by atoms with van der Waals surface area (Å²) in [6.45, 7) is 0. The smallest absolute Gasteiger partial charge is 0.405 e. The maximum Gasteiger partial charge on any atom is 0.405 e. The SMILES string of the molecule is N#CC(O)[C@@H](Cc1ccc(F)cc1)NC(=O)O. The zero-order valence-corrected chi connectivity index (χ0v) is 8.80. The minimum absolute atomic E-state index is 0.112. The molecule has 90 valence electrons. The molecule has 0 aliphatic carbocycles. The maximum absolute atomic E-state index is 12.6. The van der Waals surface area contributed by atoms with Crippen LogP contribution in [0.1, 0.15) is 5.56 Å². The summed E-state index contributed by atoms with van der Waals surface area (Å²) < 4.78 is 12.6. The predicted molar refractivity (Wildman–Crippen MR) is 56.7 cm³/mol. The van der Waals surface area contributed by atoms with E-state index in [4.69, 9.17) is 10.4 Å². The average Bonchev–Trinajstić information content (AvgIpc) is 2.29. The van der Waals surface area contributed by atoms with Crippen LogP contribution in [0.3, 0.4) is 0 Å². The number of aliphatic hydroxyl groups is 1. The molecule has 2 atom stereocenters. The van der Waals surface area contributed by atoms with Gasteiger partial charge in [0, 0.05) is 0 Å². The Bertz CT molecular complexity index is 427. The molecule has 1 rings (SSSR count). The summed E-state index contributed by atoms with van der Waals surface area (Å²) in [4.78, 5) is 10.5. The van der Waals surface area contributed by atoms with Crippen molar-refractivity contribution in [3.05, 3.63) is 35.6 Å². The highest BCUT2D eigenvalue weighted by atomic mass is 19.1. The Labute approximate surface area is 97.1 Å². The summed E-state index contributed by atoms with van der Waals surface area (Å²) >= 11 is 0. The van der Waals surface area contributed by atoms with Gasteiger partial charge in [0.2, 0.25) is 0 Å². The third-order valence-electron chi connectivity index (χ3n) is 2.19. The van der Waals surface area contributed by atoms with Crippen LogP contribution in [0.4, 0.5) is 9.18 Å². The lowest BCUT2D eigenvalue weighted by molar-refractivity contribution is 0.154. The van der Waals surface area contributed by atoms with Gasteiger partial charge in [0.25, 0.3) is 0 Å². The Kier molecular flexibility index (Phi) is 4.43. The van der Waals surface area contributed by atoms with Gasteiger partial charge in [-0.05, 0) is 24.1 Å². The van der Waals surface area contributed by atoms with Crippen LogP contribution in [0.2, 0.25) is 0 Å². The molecule has 6 heteroatoms. The van der Waals surface area contributed by atoms with Gasteiger partial charge in [0.15, 0.2) is 6.10 Å². The molecule has 1 aromatic carbocycles. The molecule has 0 bridgehead atoms. The van der Waals surface area contributed by atoms with Crippen molar-refractivity contribution >= 4 is 6.09 Å². The molecule has 0 fully saturated rings. The van der Waals surface area contributed by atoms with Gasteiger partial charge in [-0.25, -0.2) is 9.18 Å². The molecule has 0 aliphatic rings. The molecule has 3 N–H and O–H groups in total. The Hall–Kier alpha value is -2.13. The topological polar surface area (TPSA) is 93.4 Å². The number of rotatable bonds is 4. The van der Waals surface area contributed by atoms with E-state index >= 15 is 0 Å². The zero-order valence-electron chi connectivity index (χ0n) is 8.80. The van der Waals surface area contributed by atoms with E-state index in [9.17, 15) is 14.3 Å². The van der Waals surface area contributed by atoms with Gasteiger partial charge in [0.1, 0.15) is 5.82 Å². The molecule has 0 radical (unpaired) electrons. The van der Waals surface area contributed by atoms with E-state index in [0.29, 0.717) is 5.56 Å². The number of carboxylic acid groups (broad SMARTS) is 1. The molecule has 0 heterocycles. The van der Waals surface area contributed by atoms with E-state index in [2.05, 4.69) is 0 Å². The fourth-order valence-electron chi connectivity index (χ4n) is 1.36. The third-order valence-corrected chi connectivity index (χ3v) is 2.19. The zero-order chi connectivity index (χ0) is 12.8. The van der Waals surface area contributed by atoms with Crippen LogP contribution in [0.15, 0.2) is 24.3 Å². The number of hydrogen-bond acceptors (Lipinski definition) is 3. The van der Waals surface area contributed by atoms with E-state index in [1.807, 2.05) is 5.32 Å². The number of benzene rings is 1. The first-order valence-corrected chi connectivity index (χ1v) is 4.84. The molecule has 17 heavy (non-hydrogen) atoms. The summed E-state index contributed by atoms with van der Waals surface area (Å²) in [6, 6.07) is 6.01. The van der Waals surface area contributed by atoms with E-state index in [1.54, 1.807) is 6.07 Å². The number of hydrogen-bond donors (Lipinski definition) is 3. The van der Waals surface area contributed by atoms with Crippen molar-refractivity contribution in [2.24, 2.45) is 0 Å². The van der Waals surface area contributed by atoms with Crippen LogP contribution >= 0.6 is 0 Å². The summed E-state index contributed by atoms with van der Waals surface area (Å²) in [7, 11) is 0. The number of nitriles is 1. The number of halogens is 1. The second kappa shape index (κ2) is 5.82. The number of nitrogens with one attached hydrogen (secondary N) is 1.